The first-order valence-electron chi connectivity index (χ1n) is 4.01. The molecule has 11 heavy (non-hydrogen) atoms. The minimum Gasteiger partial charge on any atom is -0.0936 e. The Hall–Kier alpha value is -0.350. The summed E-state index contributed by atoms with van der Waals surface area (Å²) in [4.78, 5) is 0. The van der Waals surface area contributed by atoms with Gasteiger partial charge in [-0.15, -0.1) is 0 Å². The molecule has 0 aliphatic rings. The Labute approximate surface area is 70.8 Å². The van der Waals surface area contributed by atoms with Crippen molar-refractivity contribution in [2.24, 2.45) is 0 Å². The Bertz CT molecular complexity index is 211. The third-order valence-corrected chi connectivity index (χ3v) is 2.78. The van der Waals surface area contributed by atoms with Gasteiger partial charge in [0.25, 0.3) is 0 Å². The second-order valence-electron chi connectivity index (χ2n) is 3.03. The van der Waals surface area contributed by atoms with Crippen molar-refractivity contribution in [3.8, 4) is 0 Å². The average Bonchev–Trinajstić information content (AvgIpc) is 2.05. The number of benzene rings is 1. The van der Waals surface area contributed by atoms with E-state index in [9.17, 15) is 0 Å². The third-order valence-electron chi connectivity index (χ3n) is 1.87. The summed E-state index contributed by atoms with van der Waals surface area (Å²) in [5, 5.41) is 1.45. The summed E-state index contributed by atoms with van der Waals surface area (Å²) < 4.78 is 0. The van der Waals surface area contributed by atoms with E-state index >= 15 is 0 Å². The van der Waals surface area contributed by atoms with E-state index < -0.39 is 0 Å². The van der Waals surface area contributed by atoms with Crippen LogP contribution >= 0.6 is 8.58 Å². The highest BCUT2D eigenvalue weighted by molar-refractivity contribution is 7.46. The molecule has 0 radical (unpaired) electrons. The van der Waals surface area contributed by atoms with Gasteiger partial charge in [0.05, 0.1) is 0 Å². The first-order chi connectivity index (χ1) is 5.24. The maximum absolute atomic E-state index is 2.23. The summed E-state index contributed by atoms with van der Waals surface area (Å²) in [5.74, 6) is 0.657. The van der Waals surface area contributed by atoms with E-state index in [-0.39, 0.29) is 0 Å². The minimum absolute atomic E-state index is 0.657. The molecule has 1 aromatic rings. The van der Waals surface area contributed by atoms with Gasteiger partial charge >= 0.3 is 0 Å². The average molecular weight is 166 g/mol. The van der Waals surface area contributed by atoms with Gasteiger partial charge in [-0.2, -0.15) is 0 Å². The van der Waals surface area contributed by atoms with E-state index in [0.29, 0.717) is 5.92 Å². The Morgan fingerprint density at radius 3 is 2.00 bits per heavy atom. The van der Waals surface area contributed by atoms with E-state index in [1.807, 2.05) is 0 Å². The molecule has 0 nitrogen and oxygen atoms in total. The largest absolute Gasteiger partial charge is 0.0936 e. The van der Waals surface area contributed by atoms with Gasteiger partial charge in [0.2, 0.25) is 0 Å². The molecule has 1 atom stereocenters. The standard InChI is InChI=1S/C10H15P/c1-8(2)9-4-6-10(11-3)7-5-9/h4-8,11H,1-3H3. The van der Waals surface area contributed by atoms with E-state index in [2.05, 4.69) is 44.8 Å². The molecular weight excluding hydrogens is 151 g/mol. The smallest absolute Gasteiger partial charge is 0.0219 e. The first-order valence-corrected chi connectivity index (χ1v) is 5.51. The predicted octanol–water partition coefficient (Wildman–Crippen LogP) is 2.74. The Morgan fingerprint density at radius 1 is 1.09 bits per heavy atom. The molecule has 0 N–H and O–H groups in total. The highest BCUT2D eigenvalue weighted by Gasteiger charge is 1.96. The van der Waals surface area contributed by atoms with Crippen molar-refractivity contribution < 1.29 is 0 Å². The maximum atomic E-state index is 2.23. The fourth-order valence-corrected chi connectivity index (χ4v) is 1.53. The van der Waals surface area contributed by atoms with Crippen molar-refractivity contribution in [3.63, 3.8) is 0 Å². The lowest BCUT2D eigenvalue weighted by atomic mass is 10.0. The lowest BCUT2D eigenvalue weighted by molar-refractivity contribution is 0.867. The lowest BCUT2D eigenvalue weighted by Gasteiger charge is -2.04. The molecule has 0 aliphatic carbocycles. The van der Waals surface area contributed by atoms with Crippen LogP contribution in [0.4, 0.5) is 0 Å². The second-order valence-corrected chi connectivity index (χ2v) is 4.10. The number of hydrogen-bond acceptors (Lipinski definition) is 0. The van der Waals surface area contributed by atoms with Gasteiger partial charge in [0.15, 0.2) is 0 Å². The number of rotatable bonds is 2. The van der Waals surface area contributed by atoms with Crippen LogP contribution in [0.3, 0.4) is 0 Å². The topological polar surface area (TPSA) is 0 Å². The molecule has 0 spiro atoms. The maximum Gasteiger partial charge on any atom is -0.0219 e. The zero-order chi connectivity index (χ0) is 8.27. The molecule has 0 fully saturated rings. The van der Waals surface area contributed by atoms with E-state index in [1.165, 1.54) is 10.9 Å². The monoisotopic (exact) mass is 166 g/mol. The van der Waals surface area contributed by atoms with Crippen LogP contribution in [0.5, 0.6) is 0 Å². The van der Waals surface area contributed by atoms with E-state index in [0.717, 1.165) is 8.58 Å². The lowest BCUT2D eigenvalue weighted by Crippen LogP contribution is -1.94. The minimum atomic E-state index is 0.657. The molecule has 1 rings (SSSR count). The normalized spacial score (nSPS) is 11.6. The van der Waals surface area contributed by atoms with E-state index in [4.69, 9.17) is 0 Å². The van der Waals surface area contributed by atoms with Crippen molar-refractivity contribution >= 4 is 13.9 Å². The van der Waals surface area contributed by atoms with Crippen LogP contribution in [0.25, 0.3) is 0 Å². The molecule has 0 aromatic heterocycles. The van der Waals surface area contributed by atoms with Crippen LogP contribution in [-0.4, -0.2) is 6.66 Å². The van der Waals surface area contributed by atoms with Crippen molar-refractivity contribution in [1.29, 1.82) is 0 Å². The molecular formula is C10H15P. The van der Waals surface area contributed by atoms with Crippen LogP contribution in [0.15, 0.2) is 24.3 Å². The predicted molar refractivity (Wildman–Crippen MR) is 54.4 cm³/mol. The quantitative estimate of drug-likeness (QED) is 0.592. The van der Waals surface area contributed by atoms with Gasteiger partial charge in [0.1, 0.15) is 0 Å². The molecule has 1 heteroatoms. The van der Waals surface area contributed by atoms with Gasteiger partial charge in [-0.25, -0.2) is 0 Å². The van der Waals surface area contributed by atoms with Gasteiger partial charge in [0, 0.05) is 0 Å². The van der Waals surface area contributed by atoms with Crippen molar-refractivity contribution in [3.05, 3.63) is 29.8 Å². The summed E-state index contributed by atoms with van der Waals surface area (Å²) in [5.41, 5.74) is 1.44. The molecule has 1 unspecified atom stereocenters. The first kappa shape index (κ1) is 8.74. The molecule has 0 heterocycles. The van der Waals surface area contributed by atoms with Crippen LogP contribution in [0.2, 0.25) is 0 Å². The van der Waals surface area contributed by atoms with Gasteiger partial charge in [-0.3, -0.25) is 0 Å². The number of hydrogen-bond donors (Lipinski definition) is 0. The van der Waals surface area contributed by atoms with Crippen LogP contribution < -0.4 is 5.30 Å². The van der Waals surface area contributed by atoms with Crippen LogP contribution in [0.1, 0.15) is 25.3 Å². The summed E-state index contributed by atoms with van der Waals surface area (Å²) in [6.07, 6.45) is 0. The van der Waals surface area contributed by atoms with Crippen molar-refractivity contribution in [1.82, 2.24) is 0 Å². The summed E-state index contributed by atoms with van der Waals surface area (Å²) >= 11 is 0. The Balaban J connectivity index is 2.83. The molecule has 1 aromatic carbocycles. The fraction of sp³-hybridized carbons (Fsp3) is 0.400. The van der Waals surface area contributed by atoms with Gasteiger partial charge < -0.3 is 0 Å². The summed E-state index contributed by atoms with van der Waals surface area (Å²) in [6.45, 7) is 6.66. The Kier molecular flexibility index (Phi) is 3.08. The molecule has 60 valence electrons. The SMILES string of the molecule is CPc1ccc(C(C)C)cc1. The van der Waals surface area contributed by atoms with Crippen LogP contribution in [0, 0.1) is 0 Å². The zero-order valence-corrected chi connectivity index (χ0v) is 8.39. The second kappa shape index (κ2) is 3.88. The van der Waals surface area contributed by atoms with Crippen molar-refractivity contribution in [2.45, 2.75) is 19.8 Å². The molecule has 0 amide bonds. The summed E-state index contributed by atoms with van der Waals surface area (Å²) in [7, 11) is 0.920. The fourth-order valence-electron chi connectivity index (χ4n) is 1.03. The van der Waals surface area contributed by atoms with Crippen LogP contribution in [-0.2, 0) is 0 Å². The zero-order valence-electron chi connectivity index (χ0n) is 7.39. The molecule has 0 saturated carbocycles. The molecule has 0 saturated heterocycles. The molecule has 0 aliphatic heterocycles. The molecule has 0 bridgehead atoms. The summed E-state index contributed by atoms with van der Waals surface area (Å²) in [6, 6.07) is 8.93. The van der Waals surface area contributed by atoms with Crippen molar-refractivity contribution in [2.75, 3.05) is 6.66 Å². The third kappa shape index (κ3) is 2.31. The highest BCUT2D eigenvalue weighted by atomic mass is 31.1. The van der Waals surface area contributed by atoms with E-state index in [1.54, 1.807) is 0 Å². The Morgan fingerprint density at radius 2 is 1.64 bits per heavy atom. The van der Waals surface area contributed by atoms with Gasteiger partial charge in [-0.1, -0.05) is 46.7 Å². The van der Waals surface area contributed by atoms with Gasteiger partial charge in [-0.05, 0) is 23.5 Å². The highest BCUT2D eigenvalue weighted by Crippen LogP contribution is 2.13.